The number of aromatic nitrogens is 1. The summed E-state index contributed by atoms with van der Waals surface area (Å²) in [5, 5.41) is 0. The van der Waals surface area contributed by atoms with Gasteiger partial charge >= 0.3 is 0 Å². The first-order chi connectivity index (χ1) is 8.56. The number of alkyl halides is 2. The SMILES string of the molecule is Cc1cncc(Cc2ccc(F)c(C(F)F)c2)c1. The summed E-state index contributed by atoms with van der Waals surface area (Å²) < 4.78 is 38.2. The third kappa shape index (κ3) is 2.88. The molecule has 0 amide bonds. The quantitative estimate of drug-likeness (QED) is 0.801. The van der Waals surface area contributed by atoms with Crippen molar-refractivity contribution in [3.63, 3.8) is 0 Å². The van der Waals surface area contributed by atoms with E-state index in [4.69, 9.17) is 0 Å². The van der Waals surface area contributed by atoms with Crippen LogP contribution in [0.4, 0.5) is 13.2 Å². The van der Waals surface area contributed by atoms with E-state index in [-0.39, 0.29) is 0 Å². The van der Waals surface area contributed by atoms with Crippen LogP contribution in [0.25, 0.3) is 0 Å². The van der Waals surface area contributed by atoms with E-state index in [0.717, 1.165) is 17.2 Å². The minimum atomic E-state index is -2.79. The van der Waals surface area contributed by atoms with Gasteiger partial charge in [-0.2, -0.15) is 0 Å². The molecule has 1 nitrogen and oxygen atoms in total. The largest absolute Gasteiger partial charge is 0.266 e. The Labute approximate surface area is 103 Å². The van der Waals surface area contributed by atoms with Crippen LogP contribution in [-0.2, 0) is 6.42 Å². The van der Waals surface area contributed by atoms with Crippen molar-refractivity contribution in [2.75, 3.05) is 0 Å². The smallest absolute Gasteiger partial charge is 0.264 e. The molecule has 0 saturated carbocycles. The van der Waals surface area contributed by atoms with E-state index in [1.165, 1.54) is 12.1 Å². The summed E-state index contributed by atoms with van der Waals surface area (Å²) >= 11 is 0. The molecule has 0 bridgehead atoms. The number of pyridine rings is 1. The summed E-state index contributed by atoms with van der Waals surface area (Å²) in [4.78, 5) is 4.03. The van der Waals surface area contributed by atoms with Gasteiger partial charge < -0.3 is 0 Å². The Morgan fingerprint density at radius 3 is 2.56 bits per heavy atom. The Bertz CT molecular complexity index is 552. The molecule has 1 aromatic carbocycles. The molecule has 0 N–H and O–H groups in total. The van der Waals surface area contributed by atoms with E-state index in [9.17, 15) is 13.2 Å². The van der Waals surface area contributed by atoms with Gasteiger partial charge in [-0.3, -0.25) is 4.98 Å². The molecule has 0 aliphatic carbocycles. The van der Waals surface area contributed by atoms with Gasteiger partial charge in [0.2, 0.25) is 0 Å². The van der Waals surface area contributed by atoms with E-state index < -0.39 is 17.8 Å². The number of halogens is 3. The molecule has 0 spiro atoms. The summed E-state index contributed by atoms with van der Waals surface area (Å²) in [5.41, 5.74) is 2.03. The van der Waals surface area contributed by atoms with E-state index in [1.54, 1.807) is 12.4 Å². The molecule has 0 aliphatic rings. The fraction of sp³-hybridized carbons (Fsp3) is 0.214. The van der Waals surface area contributed by atoms with E-state index in [1.807, 2.05) is 13.0 Å². The minimum Gasteiger partial charge on any atom is -0.264 e. The van der Waals surface area contributed by atoms with Crippen LogP contribution in [0.1, 0.15) is 28.7 Å². The average molecular weight is 251 g/mol. The average Bonchev–Trinajstić information content (AvgIpc) is 2.31. The molecule has 1 aromatic heterocycles. The number of aryl methyl sites for hydroxylation is 1. The van der Waals surface area contributed by atoms with Gasteiger partial charge in [0.05, 0.1) is 5.56 Å². The lowest BCUT2D eigenvalue weighted by atomic mass is 10.0. The first kappa shape index (κ1) is 12.6. The fourth-order valence-electron chi connectivity index (χ4n) is 1.82. The topological polar surface area (TPSA) is 12.9 Å². The molecule has 0 atom stereocenters. The first-order valence-electron chi connectivity index (χ1n) is 5.53. The lowest BCUT2D eigenvalue weighted by Crippen LogP contribution is -1.96. The molecular weight excluding hydrogens is 239 g/mol. The molecule has 0 unspecified atom stereocenters. The van der Waals surface area contributed by atoms with Crippen molar-refractivity contribution in [1.82, 2.24) is 4.98 Å². The third-order valence-corrected chi connectivity index (χ3v) is 2.64. The molecule has 0 fully saturated rings. The molecule has 2 rings (SSSR count). The monoisotopic (exact) mass is 251 g/mol. The third-order valence-electron chi connectivity index (χ3n) is 2.64. The van der Waals surface area contributed by atoms with E-state index >= 15 is 0 Å². The van der Waals surface area contributed by atoms with Crippen molar-refractivity contribution in [3.8, 4) is 0 Å². The summed E-state index contributed by atoms with van der Waals surface area (Å²) in [6.45, 7) is 1.91. The number of nitrogens with zero attached hydrogens (tertiary/aromatic N) is 1. The van der Waals surface area contributed by atoms with Crippen LogP contribution in [0.15, 0.2) is 36.7 Å². The van der Waals surface area contributed by atoms with Crippen LogP contribution in [-0.4, -0.2) is 4.98 Å². The van der Waals surface area contributed by atoms with Gasteiger partial charge in [-0.1, -0.05) is 12.1 Å². The second-order valence-electron chi connectivity index (χ2n) is 4.20. The molecule has 94 valence electrons. The highest BCUT2D eigenvalue weighted by atomic mass is 19.3. The second-order valence-corrected chi connectivity index (χ2v) is 4.20. The van der Waals surface area contributed by atoms with Crippen LogP contribution < -0.4 is 0 Å². The summed E-state index contributed by atoms with van der Waals surface area (Å²) in [6, 6.07) is 5.74. The molecule has 0 aliphatic heterocycles. The fourth-order valence-corrected chi connectivity index (χ4v) is 1.82. The first-order valence-corrected chi connectivity index (χ1v) is 5.53. The van der Waals surface area contributed by atoms with Gasteiger partial charge in [-0.15, -0.1) is 0 Å². The van der Waals surface area contributed by atoms with Crippen molar-refractivity contribution in [1.29, 1.82) is 0 Å². The Hall–Kier alpha value is -1.84. The zero-order chi connectivity index (χ0) is 13.1. The zero-order valence-electron chi connectivity index (χ0n) is 9.83. The maximum atomic E-state index is 13.1. The van der Waals surface area contributed by atoms with Gasteiger partial charge in [0.1, 0.15) is 5.82 Å². The maximum absolute atomic E-state index is 13.1. The predicted octanol–water partition coefficient (Wildman–Crippen LogP) is 4.06. The molecule has 2 aromatic rings. The highest BCUT2D eigenvalue weighted by Crippen LogP contribution is 2.24. The Morgan fingerprint density at radius 2 is 1.89 bits per heavy atom. The van der Waals surface area contributed by atoms with Gasteiger partial charge in [0, 0.05) is 12.4 Å². The molecule has 18 heavy (non-hydrogen) atoms. The van der Waals surface area contributed by atoms with Crippen LogP contribution in [0.2, 0.25) is 0 Å². The Morgan fingerprint density at radius 1 is 1.11 bits per heavy atom. The molecule has 1 heterocycles. The molecule has 0 radical (unpaired) electrons. The Balaban J connectivity index is 2.27. The van der Waals surface area contributed by atoms with Gasteiger partial charge in [-0.05, 0) is 42.2 Å². The van der Waals surface area contributed by atoms with Crippen molar-refractivity contribution >= 4 is 0 Å². The van der Waals surface area contributed by atoms with Crippen molar-refractivity contribution in [2.45, 2.75) is 19.8 Å². The van der Waals surface area contributed by atoms with Crippen LogP contribution >= 0.6 is 0 Å². The standard InChI is InChI=1S/C14H12F3N/c1-9-4-11(8-18-7-9)5-10-2-3-13(15)12(6-10)14(16)17/h2-4,6-8,14H,5H2,1H3. The van der Waals surface area contributed by atoms with Gasteiger partial charge in [0.15, 0.2) is 0 Å². The van der Waals surface area contributed by atoms with Crippen LogP contribution in [0, 0.1) is 12.7 Å². The zero-order valence-corrected chi connectivity index (χ0v) is 9.83. The number of benzene rings is 1. The molecular formula is C14H12F3N. The maximum Gasteiger partial charge on any atom is 0.266 e. The minimum absolute atomic E-state index is 0.467. The van der Waals surface area contributed by atoms with E-state index in [0.29, 0.717) is 12.0 Å². The van der Waals surface area contributed by atoms with Crippen molar-refractivity contribution < 1.29 is 13.2 Å². The lowest BCUT2D eigenvalue weighted by molar-refractivity contribution is 0.146. The predicted molar refractivity (Wildman–Crippen MR) is 63.1 cm³/mol. The number of hydrogen-bond acceptors (Lipinski definition) is 1. The summed E-state index contributed by atoms with van der Waals surface area (Å²) in [6.07, 6.45) is 1.08. The lowest BCUT2D eigenvalue weighted by Gasteiger charge is -2.06. The Kier molecular flexibility index (Phi) is 3.65. The number of hydrogen-bond donors (Lipinski definition) is 0. The highest BCUT2D eigenvalue weighted by Gasteiger charge is 2.13. The van der Waals surface area contributed by atoms with Gasteiger partial charge in [0.25, 0.3) is 6.43 Å². The van der Waals surface area contributed by atoms with Gasteiger partial charge in [-0.25, -0.2) is 13.2 Å². The van der Waals surface area contributed by atoms with Crippen molar-refractivity contribution in [2.24, 2.45) is 0 Å². The highest BCUT2D eigenvalue weighted by molar-refractivity contribution is 5.31. The summed E-state index contributed by atoms with van der Waals surface area (Å²) in [7, 11) is 0. The van der Waals surface area contributed by atoms with E-state index in [2.05, 4.69) is 4.98 Å². The second kappa shape index (κ2) is 5.21. The van der Waals surface area contributed by atoms with Crippen molar-refractivity contribution in [3.05, 3.63) is 64.7 Å². The van der Waals surface area contributed by atoms with Crippen LogP contribution in [0.5, 0.6) is 0 Å². The molecule has 0 saturated heterocycles. The summed E-state index contributed by atoms with van der Waals surface area (Å²) in [5.74, 6) is -0.865. The number of rotatable bonds is 3. The van der Waals surface area contributed by atoms with Crippen LogP contribution in [0.3, 0.4) is 0 Å². The molecule has 4 heteroatoms. The normalized spacial score (nSPS) is 10.9.